The molecule has 2 N–H and O–H groups in total. The second-order valence-corrected chi connectivity index (χ2v) is 5.38. The van der Waals surface area contributed by atoms with E-state index in [1.54, 1.807) is 0 Å². The number of anilines is 2. The zero-order valence-electron chi connectivity index (χ0n) is 10.6. The molecule has 0 aromatic carbocycles. The molecule has 0 radical (unpaired) electrons. The summed E-state index contributed by atoms with van der Waals surface area (Å²) >= 11 is 0. The molecule has 2 heterocycles. The molecular formula is C11H17N5O2. The number of nitro groups is 1. The van der Waals surface area contributed by atoms with E-state index in [9.17, 15) is 10.1 Å². The molecule has 0 atom stereocenters. The van der Waals surface area contributed by atoms with Crippen molar-refractivity contribution < 1.29 is 4.92 Å². The Kier molecular flexibility index (Phi) is 3.06. The van der Waals surface area contributed by atoms with E-state index in [1.807, 2.05) is 4.90 Å². The fraction of sp³-hybridized carbons (Fsp3) is 0.636. The van der Waals surface area contributed by atoms with Gasteiger partial charge in [0.05, 0.1) is 4.92 Å². The van der Waals surface area contributed by atoms with Crippen LogP contribution in [-0.2, 0) is 0 Å². The lowest BCUT2D eigenvalue weighted by atomic mass is 9.84. The largest absolute Gasteiger partial charge is 0.368 e. The van der Waals surface area contributed by atoms with Gasteiger partial charge >= 0.3 is 5.69 Å². The number of aromatic nitrogens is 2. The van der Waals surface area contributed by atoms with Gasteiger partial charge in [-0.15, -0.1) is 0 Å². The summed E-state index contributed by atoms with van der Waals surface area (Å²) in [6.45, 7) is 5.80. The molecule has 0 bridgehead atoms. The lowest BCUT2D eigenvalue weighted by molar-refractivity contribution is -0.384. The van der Waals surface area contributed by atoms with Gasteiger partial charge in [0.2, 0.25) is 11.8 Å². The van der Waals surface area contributed by atoms with Crippen molar-refractivity contribution in [3.8, 4) is 0 Å². The second kappa shape index (κ2) is 4.40. The third kappa shape index (κ3) is 2.49. The highest BCUT2D eigenvalue weighted by Crippen LogP contribution is 2.34. The summed E-state index contributed by atoms with van der Waals surface area (Å²) in [5.41, 5.74) is 5.58. The van der Waals surface area contributed by atoms with Crippen LogP contribution in [0.25, 0.3) is 0 Å². The Bertz CT molecular complexity index is 475. The molecule has 0 saturated carbocycles. The maximum absolute atomic E-state index is 11.0. The van der Waals surface area contributed by atoms with Crippen molar-refractivity contribution >= 4 is 17.5 Å². The number of piperidine rings is 1. The molecule has 1 aliphatic rings. The summed E-state index contributed by atoms with van der Waals surface area (Å²) < 4.78 is 0. The predicted octanol–water partition coefficient (Wildman–Crippen LogP) is 1.59. The average Bonchev–Trinajstić information content (AvgIpc) is 2.27. The summed E-state index contributed by atoms with van der Waals surface area (Å²) in [7, 11) is 0. The van der Waals surface area contributed by atoms with Crippen LogP contribution < -0.4 is 10.6 Å². The first-order valence-electron chi connectivity index (χ1n) is 5.91. The molecule has 0 amide bonds. The van der Waals surface area contributed by atoms with Gasteiger partial charge in [-0.25, -0.2) is 4.98 Å². The zero-order valence-corrected chi connectivity index (χ0v) is 10.6. The van der Waals surface area contributed by atoms with Crippen molar-refractivity contribution in [2.45, 2.75) is 26.7 Å². The van der Waals surface area contributed by atoms with Crippen molar-refractivity contribution in [2.24, 2.45) is 5.41 Å². The van der Waals surface area contributed by atoms with Gasteiger partial charge < -0.3 is 10.6 Å². The first-order valence-corrected chi connectivity index (χ1v) is 5.91. The van der Waals surface area contributed by atoms with Crippen LogP contribution in [0.15, 0.2) is 6.20 Å². The van der Waals surface area contributed by atoms with Crippen LogP contribution in [0.3, 0.4) is 0 Å². The third-order valence-electron chi connectivity index (χ3n) is 3.17. The van der Waals surface area contributed by atoms with Crippen molar-refractivity contribution in [1.29, 1.82) is 0 Å². The standard InChI is InChI=1S/C11H17N5O2/c1-11(2)4-3-5-15(7-11)9-8(16(17)18)6-13-10(12)14-9/h6H,3-5,7H2,1-2H3,(H2,12,13,14). The number of nitrogens with zero attached hydrogens (tertiary/aromatic N) is 4. The Morgan fingerprint density at radius 3 is 2.89 bits per heavy atom. The summed E-state index contributed by atoms with van der Waals surface area (Å²) in [6.07, 6.45) is 3.28. The van der Waals surface area contributed by atoms with Crippen LogP contribution in [0.5, 0.6) is 0 Å². The number of nitrogen functional groups attached to an aromatic ring is 1. The molecule has 0 spiro atoms. The number of hydrogen-bond acceptors (Lipinski definition) is 6. The number of rotatable bonds is 2. The molecule has 1 fully saturated rings. The first-order chi connectivity index (χ1) is 8.39. The molecular weight excluding hydrogens is 234 g/mol. The number of hydrogen-bond donors (Lipinski definition) is 1. The fourth-order valence-electron chi connectivity index (χ4n) is 2.35. The van der Waals surface area contributed by atoms with Gasteiger partial charge in [-0.2, -0.15) is 4.98 Å². The highest BCUT2D eigenvalue weighted by Gasteiger charge is 2.31. The van der Waals surface area contributed by atoms with E-state index in [1.165, 1.54) is 6.20 Å². The van der Waals surface area contributed by atoms with Gasteiger partial charge in [-0.05, 0) is 18.3 Å². The zero-order chi connectivity index (χ0) is 13.3. The van der Waals surface area contributed by atoms with Crippen LogP contribution in [0.1, 0.15) is 26.7 Å². The van der Waals surface area contributed by atoms with E-state index in [4.69, 9.17) is 5.73 Å². The molecule has 18 heavy (non-hydrogen) atoms. The molecule has 1 saturated heterocycles. The first kappa shape index (κ1) is 12.5. The van der Waals surface area contributed by atoms with E-state index in [2.05, 4.69) is 23.8 Å². The van der Waals surface area contributed by atoms with E-state index in [0.717, 1.165) is 25.9 Å². The molecule has 2 rings (SSSR count). The van der Waals surface area contributed by atoms with Gasteiger partial charge in [0.25, 0.3) is 0 Å². The van der Waals surface area contributed by atoms with Gasteiger partial charge in [0.15, 0.2) is 0 Å². The van der Waals surface area contributed by atoms with Crippen LogP contribution in [0, 0.1) is 15.5 Å². The minimum atomic E-state index is -0.462. The second-order valence-electron chi connectivity index (χ2n) is 5.38. The molecule has 0 unspecified atom stereocenters. The summed E-state index contributed by atoms with van der Waals surface area (Å²) in [5, 5.41) is 11.0. The minimum Gasteiger partial charge on any atom is -0.368 e. The lowest BCUT2D eigenvalue weighted by Crippen LogP contribution is -2.40. The van der Waals surface area contributed by atoms with Crippen LogP contribution >= 0.6 is 0 Å². The van der Waals surface area contributed by atoms with Crippen molar-refractivity contribution in [2.75, 3.05) is 23.7 Å². The Morgan fingerprint density at radius 2 is 2.28 bits per heavy atom. The number of nitrogens with two attached hydrogens (primary N) is 1. The van der Waals surface area contributed by atoms with Crippen LogP contribution in [-0.4, -0.2) is 28.0 Å². The van der Waals surface area contributed by atoms with E-state index in [0.29, 0.717) is 5.82 Å². The van der Waals surface area contributed by atoms with Gasteiger partial charge in [0.1, 0.15) is 6.20 Å². The Balaban J connectivity index is 2.37. The summed E-state index contributed by atoms with van der Waals surface area (Å²) in [4.78, 5) is 20.2. The Labute approximate surface area is 105 Å². The van der Waals surface area contributed by atoms with Gasteiger partial charge in [-0.3, -0.25) is 10.1 Å². The fourth-order valence-corrected chi connectivity index (χ4v) is 2.35. The normalized spacial score (nSPS) is 18.7. The summed E-state index contributed by atoms with van der Waals surface area (Å²) in [6, 6.07) is 0. The van der Waals surface area contributed by atoms with Crippen molar-refractivity contribution in [1.82, 2.24) is 9.97 Å². The van der Waals surface area contributed by atoms with E-state index < -0.39 is 4.92 Å². The Morgan fingerprint density at radius 1 is 1.56 bits per heavy atom. The smallest absolute Gasteiger partial charge is 0.329 e. The van der Waals surface area contributed by atoms with E-state index in [-0.39, 0.29) is 17.1 Å². The minimum absolute atomic E-state index is 0.0685. The molecule has 0 aliphatic carbocycles. The molecule has 1 aromatic rings. The maximum atomic E-state index is 11.0. The highest BCUT2D eigenvalue weighted by molar-refractivity contribution is 5.58. The topological polar surface area (TPSA) is 98.2 Å². The van der Waals surface area contributed by atoms with Crippen LogP contribution in [0.4, 0.5) is 17.5 Å². The maximum Gasteiger partial charge on any atom is 0.329 e. The third-order valence-corrected chi connectivity index (χ3v) is 3.17. The molecule has 7 nitrogen and oxygen atoms in total. The molecule has 1 aliphatic heterocycles. The molecule has 98 valence electrons. The van der Waals surface area contributed by atoms with Crippen molar-refractivity contribution in [3.05, 3.63) is 16.3 Å². The van der Waals surface area contributed by atoms with Gasteiger partial charge in [0, 0.05) is 13.1 Å². The average molecular weight is 251 g/mol. The molecule has 1 aromatic heterocycles. The predicted molar refractivity (Wildman–Crippen MR) is 68.3 cm³/mol. The lowest BCUT2D eigenvalue weighted by Gasteiger charge is -2.38. The molecule has 7 heteroatoms. The van der Waals surface area contributed by atoms with Crippen molar-refractivity contribution in [3.63, 3.8) is 0 Å². The SMILES string of the molecule is CC1(C)CCCN(c2nc(N)ncc2[N+](=O)[O-])C1. The summed E-state index contributed by atoms with van der Waals surface area (Å²) in [5.74, 6) is 0.402. The van der Waals surface area contributed by atoms with Crippen LogP contribution in [0.2, 0.25) is 0 Å². The quantitative estimate of drug-likeness (QED) is 0.633. The van der Waals surface area contributed by atoms with Gasteiger partial charge in [-0.1, -0.05) is 13.8 Å². The van der Waals surface area contributed by atoms with E-state index >= 15 is 0 Å². The monoisotopic (exact) mass is 251 g/mol. The highest BCUT2D eigenvalue weighted by atomic mass is 16.6. The Hall–Kier alpha value is -1.92.